The van der Waals surface area contributed by atoms with Crippen LogP contribution in [0.1, 0.15) is 24.0 Å². The third-order valence-corrected chi connectivity index (χ3v) is 5.96. The van der Waals surface area contributed by atoms with Crippen LogP contribution < -0.4 is 15.4 Å². The highest BCUT2D eigenvalue weighted by molar-refractivity contribution is 6.05. The van der Waals surface area contributed by atoms with Gasteiger partial charge in [-0.25, -0.2) is 4.39 Å². The number of aryl methyl sites for hydroxylation is 1. The molecule has 8 heteroatoms. The Labute approximate surface area is 197 Å². The normalized spacial score (nSPS) is 13.9. The molecule has 0 aliphatic carbocycles. The largest absolute Gasteiger partial charge is 0.494 e. The van der Waals surface area contributed by atoms with Crippen molar-refractivity contribution in [3.05, 3.63) is 65.1 Å². The number of amides is 1. The molecule has 0 bridgehead atoms. The van der Waals surface area contributed by atoms with Crippen molar-refractivity contribution in [1.29, 1.82) is 5.26 Å². The zero-order chi connectivity index (χ0) is 24.2. The second-order valence-electron chi connectivity index (χ2n) is 8.41. The van der Waals surface area contributed by atoms with Gasteiger partial charge in [-0.2, -0.15) is 5.26 Å². The number of likely N-dealkylation sites (tertiary alicyclic amines) is 1. The number of carbonyl (C=O) groups is 1. The maximum Gasteiger partial charge on any atom is 0.248 e. The van der Waals surface area contributed by atoms with Crippen molar-refractivity contribution in [2.45, 2.75) is 19.8 Å². The summed E-state index contributed by atoms with van der Waals surface area (Å²) in [5.41, 5.74) is 4.13. The van der Waals surface area contributed by atoms with Gasteiger partial charge in [0.2, 0.25) is 5.91 Å². The van der Waals surface area contributed by atoms with Crippen molar-refractivity contribution in [3.63, 3.8) is 0 Å². The summed E-state index contributed by atoms with van der Waals surface area (Å²) in [6, 6.07) is 10.3. The van der Waals surface area contributed by atoms with Crippen molar-refractivity contribution in [3.8, 4) is 11.8 Å². The molecule has 1 aliphatic heterocycles. The lowest BCUT2D eigenvalue weighted by molar-refractivity contribution is -0.112. The van der Waals surface area contributed by atoms with E-state index >= 15 is 0 Å². The highest BCUT2D eigenvalue weighted by atomic mass is 19.1. The van der Waals surface area contributed by atoms with E-state index < -0.39 is 0 Å². The monoisotopic (exact) mass is 459 g/mol. The average molecular weight is 460 g/mol. The molecule has 2 N–H and O–H groups in total. The van der Waals surface area contributed by atoms with Gasteiger partial charge in [0.15, 0.2) is 0 Å². The van der Waals surface area contributed by atoms with Crippen LogP contribution in [0.2, 0.25) is 0 Å². The minimum Gasteiger partial charge on any atom is -0.494 e. The van der Waals surface area contributed by atoms with Gasteiger partial charge in [0, 0.05) is 42.5 Å². The zero-order valence-corrected chi connectivity index (χ0v) is 19.4. The molecule has 0 saturated carbocycles. The van der Waals surface area contributed by atoms with Gasteiger partial charge in [0.25, 0.3) is 0 Å². The van der Waals surface area contributed by atoms with Crippen molar-refractivity contribution >= 4 is 33.9 Å². The minimum absolute atomic E-state index is 0.231. The average Bonchev–Trinajstić information content (AvgIpc) is 2.82. The predicted molar refractivity (Wildman–Crippen MR) is 131 cm³/mol. The fraction of sp³-hybridized carbons (Fsp3) is 0.269. The van der Waals surface area contributed by atoms with E-state index in [1.807, 2.05) is 0 Å². The summed E-state index contributed by atoms with van der Waals surface area (Å²) < 4.78 is 19.2. The summed E-state index contributed by atoms with van der Waals surface area (Å²) in [6.45, 7) is 3.53. The molecular weight excluding hydrogens is 433 g/mol. The Hall–Kier alpha value is -3.96. The second kappa shape index (κ2) is 9.89. The van der Waals surface area contributed by atoms with Gasteiger partial charge in [-0.15, -0.1) is 0 Å². The topological polar surface area (TPSA) is 90.3 Å². The highest BCUT2D eigenvalue weighted by Gasteiger charge is 2.16. The minimum atomic E-state index is -0.306. The third kappa shape index (κ3) is 5.00. The van der Waals surface area contributed by atoms with Crippen LogP contribution in [0.25, 0.3) is 10.9 Å². The van der Waals surface area contributed by atoms with Gasteiger partial charge in [0.05, 0.1) is 29.6 Å². The van der Waals surface area contributed by atoms with Crippen molar-refractivity contribution in [2.24, 2.45) is 0 Å². The Morgan fingerprint density at radius 1 is 1.26 bits per heavy atom. The molecule has 34 heavy (non-hydrogen) atoms. The fourth-order valence-corrected chi connectivity index (χ4v) is 3.98. The molecule has 2 heterocycles. The first kappa shape index (κ1) is 23.2. The van der Waals surface area contributed by atoms with Crippen LogP contribution in [0, 0.1) is 24.1 Å². The Bertz CT molecular complexity index is 1320. The number of rotatable bonds is 5. The van der Waals surface area contributed by atoms with E-state index in [0.29, 0.717) is 44.8 Å². The number of aromatic nitrogens is 1. The molecule has 1 aliphatic rings. The Kier molecular flexibility index (Phi) is 6.75. The molecule has 7 nitrogen and oxygen atoms in total. The first-order valence-electron chi connectivity index (χ1n) is 11.0. The van der Waals surface area contributed by atoms with E-state index in [2.05, 4.69) is 33.6 Å². The molecular formula is C26H26FN5O2. The summed E-state index contributed by atoms with van der Waals surface area (Å²) in [5.74, 6) is -0.0761. The lowest BCUT2D eigenvalue weighted by Crippen LogP contribution is -2.27. The van der Waals surface area contributed by atoms with Crippen LogP contribution in [-0.4, -0.2) is 43.0 Å². The Morgan fingerprint density at radius 2 is 2.03 bits per heavy atom. The number of halogens is 1. The van der Waals surface area contributed by atoms with Gasteiger partial charge in [-0.05, 0) is 56.6 Å². The van der Waals surface area contributed by atoms with E-state index in [1.165, 1.54) is 19.4 Å². The van der Waals surface area contributed by atoms with Crippen LogP contribution in [0.4, 0.5) is 21.5 Å². The zero-order valence-electron chi connectivity index (χ0n) is 19.4. The number of fused-ring (bicyclic) bond motifs is 1. The van der Waals surface area contributed by atoms with Crippen molar-refractivity contribution < 1.29 is 13.9 Å². The quantitative estimate of drug-likeness (QED) is 0.528. The molecule has 3 aromatic rings. The first-order valence-corrected chi connectivity index (χ1v) is 11.0. The van der Waals surface area contributed by atoms with Gasteiger partial charge in [0.1, 0.15) is 17.6 Å². The third-order valence-electron chi connectivity index (χ3n) is 5.96. The van der Waals surface area contributed by atoms with Gasteiger partial charge < -0.3 is 20.3 Å². The number of anilines is 3. The molecule has 2 aromatic carbocycles. The van der Waals surface area contributed by atoms with E-state index in [9.17, 15) is 14.4 Å². The van der Waals surface area contributed by atoms with E-state index in [0.717, 1.165) is 31.5 Å². The number of piperidine rings is 1. The summed E-state index contributed by atoms with van der Waals surface area (Å²) in [5, 5.41) is 16.4. The van der Waals surface area contributed by atoms with Crippen molar-refractivity contribution in [1.82, 2.24) is 9.88 Å². The molecule has 1 saturated heterocycles. The Balaban J connectivity index is 1.72. The number of carbonyl (C=O) groups excluding carboxylic acids is 1. The summed E-state index contributed by atoms with van der Waals surface area (Å²) in [4.78, 5) is 19.4. The number of hydrogen-bond donors (Lipinski definition) is 2. The first-order chi connectivity index (χ1) is 16.4. The predicted octanol–water partition coefficient (Wildman–Crippen LogP) is 4.90. The van der Waals surface area contributed by atoms with E-state index in [1.54, 1.807) is 37.3 Å². The van der Waals surface area contributed by atoms with Crippen LogP contribution in [0.15, 0.2) is 48.2 Å². The van der Waals surface area contributed by atoms with E-state index in [-0.39, 0.29) is 11.7 Å². The number of nitriles is 1. The molecule has 1 fully saturated rings. The number of ether oxygens (including phenoxy) is 1. The molecule has 0 radical (unpaired) electrons. The molecule has 1 aromatic heterocycles. The van der Waals surface area contributed by atoms with Gasteiger partial charge in [-0.1, -0.05) is 5.57 Å². The highest BCUT2D eigenvalue weighted by Crippen LogP contribution is 2.36. The number of nitrogens with one attached hydrogen (secondary N) is 2. The lowest BCUT2D eigenvalue weighted by atomic mass is 10.0. The van der Waals surface area contributed by atoms with Crippen LogP contribution in [0.3, 0.4) is 0 Å². The maximum absolute atomic E-state index is 13.7. The van der Waals surface area contributed by atoms with Gasteiger partial charge >= 0.3 is 0 Å². The molecule has 0 spiro atoms. The summed E-state index contributed by atoms with van der Waals surface area (Å²) in [6.07, 6.45) is 4.85. The van der Waals surface area contributed by atoms with E-state index in [4.69, 9.17) is 4.74 Å². The second-order valence-corrected chi connectivity index (χ2v) is 8.41. The number of hydrogen-bond acceptors (Lipinski definition) is 6. The summed E-state index contributed by atoms with van der Waals surface area (Å²) >= 11 is 0. The Morgan fingerprint density at radius 3 is 2.71 bits per heavy atom. The van der Waals surface area contributed by atoms with Crippen molar-refractivity contribution in [2.75, 3.05) is 37.9 Å². The SMILES string of the molecule is COc1cc2ncc(C#N)c(Nc3ccc(F)c(C)c3)c2cc1NC(=O)C=C1CCN(C)CC1. The molecule has 0 unspecified atom stereocenters. The fourth-order valence-electron chi connectivity index (χ4n) is 3.98. The summed E-state index contributed by atoms with van der Waals surface area (Å²) in [7, 11) is 3.59. The number of methoxy groups -OCH3 is 1. The van der Waals surface area contributed by atoms with Crippen LogP contribution >= 0.6 is 0 Å². The number of nitrogens with zero attached hydrogens (tertiary/aromatic N) is 3. The smallest absolute Gasteiger partial charge is 0.248 e. The number of pyridine rings is 1. The van der Waals surface area contributed by atoms with Crippen LogP contribution in [0.5, 0.6) is 5.75 Å². The van der Waals surface area contributed by atoms with Gasteiger partial charge in [-0.3, -0.25) is 9.78 Å². The molecule has 174 valence electrons. The molecule has 4 rings (SSSR count). The molecule has 0 atom stereocenters. The lowest BCUT2D eigenvalue weighted by Gasteiger charge is -2.23. The number of benzene rings is 2. The standard InChI is InChI=1S/C26H26FN5O2/c1-16-10-19(4-5-21(16)27)30-26-18(14-28)15-29-22-13-24(34-3)23(12-20(22)26)31-25(33)11-17-6-8-32(2)9-7-17/h4-5,10-13,15H,6-9H2,1-3H3,(H,29,30)(H,31,33). The molecule has 1 amide bonds. The maximum atomic E-state index is 13.7. The van der Waals surface area contributed by atoms with Crippen LogP contribution in [-0.2, 0) is 4.79 Å².